The first-order chi connectivity index (χ1) is 11.3. The lowest BCUT2D eigenvalue weighted by Crippen LogP contribution is -2.43. The molecule has 2 N–H and O–H groups in total. The van der Waals surface area contributed by atoms with Crippen molar-refractivity contribution in [3.05, 3.63) is 29.8 Å². The lowest BCUT2D eigenvalue weighted by atomic mass is 10.2. The highest BCUT2D eigenvalue weighted by Gasteiger charge is 2.30. The summed E-state index contributed by atoms with van der Waals surface area (Å²) in [6.45, 7) is 1.45. The van der Waals surface area contributed by atoms with Crippen molar-refractivity contribution in [1.29, 1.82) is 0 Å². The van der Waals surface area contributed by atoms with Crippen molar-refractivity contribution >= 4 is 5.96 Å². The third-order valence-electron chi connectivity index (χ3n) is 3.06. The van der Waals surface area contributed by atoms with E-state index >= 15 is 0 Å². The predicted octanol–water partition coefficient (Wildman–Crippen LogP) is 3.29. The molecule has 136 valence electrons. The van der Waals surface area contributed by atoms with Gasteiger partial charge in [0.2, 0.25) is 0 Å². The molecule has 4 nitrogen and oxygen atoms in total. The van der Waals surface area contributed by atoms with Crippen LogP contribution in [0.3, 0.4) is 0 Å². The van der Waals surface area contributed by atoms with Crippen LogP contribution in [0.25, 0.3) is 0 Å². The lowest BCUT2D eigenvalue weighted by molar-refractivity contribution is -0.137. The zero-order valence-electron chi connectivity index (χ0n) is 13.3. The Balaban J connectivity index is 2.61. The largest absolute Gasteiger partial charge is 0.489 e. The maximum Gasteiger partial charge on any atom is 0.416 e. The maximum absolute atomic E-state index is 12.7. The van der Waals surface area contributed by atoms with E-state index in [0.29, 0.717) is 6.42 Å². The molecule has 0 aliphatic rings. The zero-order valence-corrected chi connectivity index (χ0v) is 13.3. The Kier molecular flexibility index (Phi) is 7.73. The SMILES string of the molecule is CCC(CNC(=NC)NCC(F)F)Oc1cccc(C(F)(F)F)c1. The molecule has 0 amide bonds. The summed E-state index contributed by atoms with van der Waals surface area (Å²) in [7, 11) is 1.43. The van der Waals surface area contributed by atoms with Crippen molar-refractivity contribution < 1.29 is 26.7 Å². The molecule has 0 aromatic heterocycles. The van der Waals surface area contributed by atoms with Crippen LogP contribution in [0.1, 0.15) is 18.9 Å². The minimum Gasteiger partial charge on any atom is -0.489 e. The Labute approximate surface area is 137 Å². The van der Waals surface area contributed by atoms with E-state index < -0.39 is 30.8 Å². The van der Waals surface area contributed by atoms with E-state index in [2.05, 4.69) is 15.6 Å². The van der Waals surface area contributed by atoms with E-state index in [1.54, 1.807) is 6.92 Å². The molecule has 9 heteroatoms. The Morgan fingerprint density at radius 3 is 2.42 bits per heavy atom. The maximum atomic E-state index is 12.7. The molecule has 1 rings (SSSR count). The highest BCUT2D eigenvalue weighted by molar-refractivity contribution is 5.79. The molecule has 0 aliphatic carbocycles. The highest BCUT2D eigenvalue weighted by Crippen LogP contribution is 2.31. The van der Waals surface area contributed by atoms with Gasteiger partial charge in [-0.3, -0.25) is 4.99 Å². The molecule has 0 fully saturated rings. The first-order valence-electron chi connectivity index (χ1n) is 7.32. The van der Waals surface area contributed by atoms with E-state index in [1.165, 1.54) is 19.2 Å². The fourth-order valence-electron chi connectivity index (χ4n) is 1.81. The number of halogens is 5. The number of hydrogen-bond acceptors (Lipinski definition) is 2. The summed E-state index contributed by atoms with van der Waals surface area (Å²) < 4.78 is 67.9. The molecular weight excluding hydrogens is 333 g/mol. The van der Waals surface area contributed by atoms with Gasteiger partial charge in [0.1, 0.15) is 11.9 Å². The molecule has 0 bridgehead atoms. The summed E-state index contributed by atoms with van der Waals surface area (Å²) in [6, 6.07) is 4.58. The lowest BCUT2D eigenvalue weighted by Gasteiger charge is -2.20. The predicted molar refractivity (Wildman–Crippen MR) is 81.5 cm³/mol. The quantitative estimate of drug-likeness (QED) is 0.449. The normalized spacial score (nSPS) is 13.8. The minimum absolute atomic E-state index is 0.0917. The van der Waals surface area contributed by atoms with E-state index in [1.807, 2.05) is 0 Å². The Morgan fingerprint density at radius 2 is 1.88 bits per heavy atom. The fourth-order valence-corrected chi connectivity index (χ4v) is 1.81. The van der Waals surface area contributed by atoms with Gasteiger partial charge in [-0.15, -0.1) is 0 Å². The van der Waals surface area contributed by atoms with Gasteiger partial charge < -0.3 is 15.4 Å². The van der Waals surface area contributed by atoms with Gasteiger partial charge in [-0.2, -0.15) is 13.2 Å². The number of guanidine groups is 1. The highest BCUT2D eigenvalue weighted by atomic mass is 19.4. The van der Waals surface area contributed by atoms with Crippen molar-refractivity contribution in [2.75, 3.05) is 20.1 Å². The van der Waals surface area contributed by atoms with Gasteiger partial charge in [0.05, 0.1) is 18.7 Å². The molecule has 0 saturated carbocycles. The Bertz CT molecular complexity index is 534. The van der Waals surface area contributed by atoms with Crippen LogP contribution in [0, 0.1) is 0 Å². The van der Waals surface area contributed by atoms with Crippen LogP contribution in [-0.4, -0.2) is 38.6 Å². The fraction of sp³-hybridized carbons (Fsp3) is 0.533. The number of nitrogens with one attached hydrogen (secondary N) is 2. The van der Waals surface area contributed by atoms with Crippen LogP contribution in [0.5, 0.6) is 5.75 Å². The van der Waals surface area contributed by atoms with Crippen molar-refractivity contribution in [2.45, 2.75) is 32.1 Å². The van der Waals surface area contributed by atoms with E-state index in [0.717, 1.165) is 12.1 Å². The molecular formula is C15H20F5N3O. The van der Waals surface area contributed by atoms with Crippen LogP contribution >= 0.6 is 0 Å². The summed E-state index contributed by atoms with van der Waals surface area (Å²) in [5, 5.41) is 5.22. The number of ether oxygens (including phenoxy) is 1. The van der Waals surface area contributed by atoms with Crippen molar-refractivity contribution in [1.82, 2.24) is 10.6 Å². The number of benzene rings is 1. The van der Waals surface area contributed by atoms with Crippen molar-refractivity contribution in [2.24, 2.45) is 4.99 Å². The van der Waals surface area contributed by atoms with Gasteiger partial charge in [-0.1, -0.05) is 13.0 Å². The first-order valence-corrected chi connectivity index (χ1v) is 7.32. The van der Waals surface area contributed by atoms with Gasteiger partial charge in [-0.25, -0.2) is 8.78 Å². The molecule has 24 heavy (non-hydrogen) atoms. The molecule has 1 aromatic carbocycles. The van der Waals surface area contributed by atoms with Crippen molar-refractivity contribution in [3.8, 4) is 5.75 Å². The Morgan fingerprint density at radius 1 is 1.21 bits per heavy atom. The molecule has 0 saturated heterocycles. The molecule has 1 unspecified atom stereocenters. The number of rotatable bonds is 7. The number of nitrogens with zero attached hydrogens (tertiary/aromatic N) is 1. The molecule has 0 aliphatic heterocycles. The summed E-state index contributed by atoms with van der Waals surface area (Å²) in [5.41, 5.74) is -0.794. The van der Waals surface area contributed by atoms with Crippen molar-refractivity contribution in [3.63, 3.8) is 0 Å². The van der Waals surface area contributed by atoms with Gasteiger partial charge in [0, 0.05) is 7.05 Å². The van der Waals surface area contributed by atoms with Gasteiger partial charge >= 0.3 is 6.18 Å². The third-order valence-corrected chi connectivity index (χ3v) is 3.06. The standard InChI is InChI=1S/C15H20F5N3O/c1-3-11(8-22-14(21-2)23-9-13(16)17)24-12-6-4-5-10(7-12)15(18,19)20/h4-7,11,13H,3,8-9H2,1-2H3,(H2,21,22,23). The van der Waals surface area contributed by atoms with Crippen LogP contribution in [0.15, 0.2) is 29.3 Å². The summed E-state index contributed by atoms with van der Waals surface area (Å²) >= 11 is 0. The average molecular weight is 353 g/mol. The van der Waals surface area contributed by atoms with Crippen LogP contribution in [-0.2, 0) is 6.18 Å². The topological polar surface area (TPSA) is 45.7 Å². The number of aliphatic imine (C=N–C) groups is 1. The summed E-state index contributed by atoms with van der Waals surface area (Å²) in [4.78, 5) is 3.78. The van der Waals surface area contributed by atoms with Gasteiger partial charge in [0.25, 0.3) is 6.43 Å². The van der Waals surface area contributed by atoms with Crippen LogP contribution in [0.4, 0.5) is 22.0 Å². The second-order valence-corrected chi connectivity index (χ2v) is 4.90. The summed E-state index contributed by atoms with van der Waals surface area (Å²) in [6.07, 6.45) is -6.90. The molecule has 1 atom stereocenters. The smallest absolute Gasteiger partial charge is 0.416 e. The van der Waals surface area contributed by atoms with E-state index in [4.69, 9.17) is 4.74 Å². The van der Waals surface area contributed by atoms with E-state index in [-0.39, 0.29) is 18.3 Å². The second kappa shape index (κ2) is 9.29. The van der Waals surface area contributed by atoms with Gasteiger partial charge in [-0.05, 0) is 24.6 Å². The molecule has 0 radical (unpaired) electrons. The van der Waals surface area contributed by atoms with Gasteiger partial charge in [0.15, 0.2) is 5.96 Å². The average Bonchev–Trinajstić information content (AvgIpc) is 2.53. The monoisotopic (exact) mass is 353 g/mol. The second-order valence-electron chi connectivity index (χ2n) is 4.90. The molecule has 1 aromatic rings. The Hall–Kier alpha value is -2.06. The summed E-state index contributed by atoms with van der Waals surface area (Å²) in [5.74, 6) is 0.260. The van der Waals surface area contributed by atoms with Crippen LogP contribution < -0.4 is 15.4 Å². The zero-order chi connectivity index (χ0) is 18.2. The first kappa shape index (κ1) is 20.0. The number of hydrogen-bond donors (Lipinski definition) is 2. The molecule has 0 spiro atoms. The number of alkyl halides is 5. The third kappa shape index (κ3) is 7.01. The minimum atomic E-state index is -4.44. The van der Waals surface area contributed by atoms with Crippen LogP contribution in [0.2, 0.25) is 0 Å². The molecule has 0 heterocycles. The van der Waals surface area contributed by atoms with E-state index in [9.17, 15) is 22.0 Å².